The van der Waals surface area contributed by atoms with Gasteiger partial charge in [0.1, 0.15) is 37.9 Å². The molecule has 1 fully saturated rings. The van der Waals surface area contributed by atoms with Crippen molar-refractivity contribution in [2.75, 3.05) is 46.5 Å². The lowest BCUT2D eigenvalue weighted by Gasteiger charge is -2.37. The van der Waals surface area contributed by atoms with Gasteiger partial charge < -0.3 is 29.6 Å². The van der Waals surface area contributed by atoms with Crippen molar-refractivity contribution in [2.24, 2.45) is 0 Å². The first kappa shape index (κ1) is 15.5. The summed E-state index contributed by atoms with van der Waals surface area (Å²) < 4.78 is 5.64. The quantitative estimate of drug-likeness (QED) is 0.384. The highest BCUT2D eigenvalue weighted by Gasteiger charge is 2.35. The van der Waals surface area contributed by atoms with Crippen molar-refractivity contribution in [3.05, 3.63) is 0 Å². The smallest absolute Gasteiger partial charge is 0.217 e. The molecule has 1 aliphatic heterocycles. The Morgan fingerprint density at radius 1 is 1.28 bits per heavy atom. The molecule has 0 aliphatic carbocycles. The zero-order chi connectivity index (χ0) is 13.8. The molecule has 106 valence electrons. The average molecular weight is 264 g/mol. The van der Waals surface area contributed by atoms with Crippen LogP contribution in [-0.4, -0.2) is 95.5 Å². The molecule has 4 N–H and O–H groups in total. The second-order valence-corrected chi connectivity index (χ2v) is 4.99. The first-order valence-corrected chi connectivity index (χ1v) is 5.99. The summed E-state index contributed by atoms with van der Waals surface area (Å²) in [4.78, 5) is 11.8. The van der Waals surface area contributed by atoms with Crippen molar-refractivity contribution in [2.45, 2.75) is 18.3 Å². The number of rotatable bonds is 6. The number of aliphatic hydroxyl groups excluding tert-OH is 4. The van der Waals surface area contributed by atoms with E-state index in [1.54, 1.807) is 0 Å². The molecular weight excluding hydrogens is 242 g/mol. The van der Waals surface area contributed by atoms with Crippen LogP contribution in [0.2, 0.25) is 0 Å². The van der Waals surface area contributed by atoms with Crippen LogP contribution < -0.4 is 0 Å². The van der Waals surface area contributed by atoms with Gasteiger partial charge in [0.25, 0.3) is 0 Å². The third kappa shape index (κ3) is 3.98. The molecule has 0 aromatic rings. The Morgan fingerprint density at radius 3 is 2.33 bits per heavy atom. The Hall–Kier alpha value is -0.570. The molecule has 1 saturated heterocycles. The van der Waals surface area contributed by atoms with Gasteiger partial charge in [-0.15, -0.1) is 0 Å². The molecule has 3 unspecified atom stereocenters. The van der Waals surface area contributed by atoms with Crippen LogP contribution in [0.15, 0.2) is 0 Å². The number of ketones is 1. The van der Waals surface area contributed by atoms with Gasteiger partial charge in [-0.25, -0.2) is 0 Å². The van der Waals surface area contributed by atoms with Crippen molar-refractivity contribution in [1.82, 2.24) is 0 Å². The topological polar surface area (TPSA) is 107 Å². The Balaban J connectivity index is 2.53. The van der Waals surface area contributed by atoms with Crippen LogP contribution in [0, 0.1) is 0 Å². The Kier molecular flexibility index (Phi) is 5.64. The van der Waals surface area contributed by atoms with Gasteiger partial charge in [-0.05, 0) is 0 Å². The summed E-state index contributed by atoms with van der Waals surface area (Å²) >= 11 is 0. The first-order chi connectivity index (χ1) is 8.39. The number of hydrogen-bond donors (Lipinski definition) is 4. The first-order valence-electron chi connectivity index (χ1n) is 5.99. The van der Waals surface area contributed by atoms with Gasteiger partial charge in [0.15, 0.2) is 0 Å². The van der Waals surface area contributed by atoms with Crippen LogP contribution in [-0.2, 0) is 9.53 Å². The highest BCUT2D eigenvalue weighted by molar-refractivity contribution is 5.84. The molecule has 7 heteroatoms. The lowest BCUT2D eigenvalue weighted by molar-refractivity contribution is -0.909. The molecule has 1 aliphatic rings. The van der Waals surface area contributed by atoms with E-state index in [1.807, 2.05) is 7.05 Å². The van der Waals surface area contributed by atoms with Crippen LogP contribution in [0.1, 0.15) is 0 Å². The Morgan fingerprint density at radius 2 is 1.83 bits per heavy atom. The number of carbonyl (C=O) groups is 1. The van der Waals surface area contributed by atoms with Crippen LogP contribution in [0.25, 0.3) is 0 Å². The molecule has 0 amide bonds. The SMILES string of the molecule is C[N+]1(CC(=O)C(O)C(O)C(O)CO)CCOCC1. The molecule has 0 saturated carbocycles. The minimum absolute atomic E-state index is 0.0692. The Labute approximate surface area is 106 Å². The number of hydrogen-bond acceptors (Lipinski definition) is 6. The second kappa shape index (κ2) is 6.55. The summed E-state index contributed by atoms with van der Waals surface area (Å²) in [5.74, 6) is -0.542. The third-order valence-electron chi connectivity index (χ3n) is 3.32. The highest BCUT2D eigenvalue weighted by Crippen LogP contribution is 2.10. The monoisotopic (exact) mass is 264 g/mol. The largest absolute Gasteiger partial charge is 0.394 e. The normalized spacial score (nSPS) is 24.3. The molecule has 7 nitrogen and oxygen atoms in total. The zero-order valence-corrected chi connectivity index (χ0v) is 10.5. The van der Waals surface area contributed by atoms with E-state index in [-0.39, 0.29) is 6.54 Å². The number of Topliss-reactive ketones (excluding diaryl/α,β-unsaturated/α-hetero) is 1. The van der Waals surface area contributed by atoms with E-state index in [1.165, 1.54) is 0 Å². The van der Waals surface area contributed by atoms with E-state index in [4.69, 9.17) is 9.84 Å². The van der Waals surface area contributed by atoms with Gasteiger partial charge in [0.2, 0.25) is 5.78 Å². The molecule has 18 heavy (non-hydrogen) atoms. The van der Waals surface area contributed by atoms with Crippen molar-refractivity contribution < 1.29 is 34.4 Å². The lowest BCUT2D eigenvalue weighted by atomic mass is 10.0. The van der Waals surface area contributed by atoms with Crippen LogP contribution in [0.3, 0.4) is 0 Å². The summed E-state index contributed by atoms with van der Waals surface area (Å²) in [5, 5.41) is 36.9. The van der Waals surface area contributed by atoms with Crippen LogP contribution >= 0.6 is 0 Å². The minimum Gasteiger partial charge on any atom is -0.394 e. The van der Waals surface area contributed by atoms with E-state index in [0.717, 1.165) is 0 Å². The number of likely N-dealkylation sites (N-methyl/N-ethyl adjacent to an activating group) is 1. The predicted molar refractivity (Wildman–Crippen MR) is 61.7 cm³/mol. The molecule has 0 spiro atoms. The van der Waals surface area contributed by atoms with E-state index >= 15 is 0 Å². The molecule has 1 heterocycles. The van der Waals surface area contributed by atoms with Gasteiger partial charge in [-0.2, -0.15) is 0 Å². The number of aliphatic hydroxyl groups is 4. The molecular formula is C11H22NO6+. The maximum Gasteiger partial charge on any atom is 0.217 e. The molecule has 0 bridgehead atoms. The number of morpholine rings is 1. The van der Waals surface area contributed by atoms with Crippen LogP contribution in [0.4, 0.5) is 0 Å². The van der Waals surface area contributed by atoms with Gasteiger partial charge in [0.05, 0.1) is 26.9 Å². The van der Waals surface area contributed by atoms with Gasteiger partial charge in [-0.1, -0.05) is 0 Å². The third-order valence-corrected chi connectivity index (χ3v) is 3.32. The van der Waals surface area contributed by atoms with Gasteiger partial charge >= 0.3 is 0 Å². The van der Waals surface area contributed by atoms with Gasteiger partial charge in [-0.3, -0.25) is 4.79 Å². The molecule has 3 atom stereocenters. The fraction of sp³-hybridized carbons (Fsp3) is 0.909. The summed E-state index contributed by atoms with van der Waals surface area (Å²) in [5.41, 5.74) is 0. The van der Waals surface area contributed by atoms with Crippen molar-refractivity contribution in [3.63, 3.8) is 0 Å². The predicted octanol–water partition coefficient (Wildman–Crippen LogP) is -2.89. The number of quaternary nitrogens is 1. The fourth-order valence-electron chi connectivity index (χ4n) is 1.92. The second-order valence-electron chi connectivity index (χ2n) is 4.99. The standard InChI is InChI=1S/C11H22NO6/c1-12(2-4-18-5-3-12)6-8(14)10(16)11(17)9(15)7-13/h9-11,13,15-17H,2-7H2,1H3/q+1. The highest BCUT2D eigenvalue weighted by atomic mass is 16.5. The molecule has 0 aromatic carbocycles. The van der Waals surface area contributed by atoms with Crippen molar-refractivity contribution in [1.29, 1.82) is 0 Å². The van der Waals surface area contributed by atoms with E-state index < -0.39 is 30.7 Å². The summed E-state index contributed by atoms with van der Waals surface area (Å²) in [6.07, 6.45) is -4.85. The van der Waals surface area contributed by atoms with Gasteiger partial charge in [0, 0.05) is 0 Å². The average Bonchev–Trinajstić information content (AvgIpc) is 2.36. The molecule has 0 aromatic heterocycles. The maximum absolute atomic E-state index is 11.8. The van der Waals surface area contributed by atoms with E-state index in [2.05, 4.69) is 0 Å². The summed E-state index contributed by atoms with van der Waals surface area (Å²) in [7, 11) is 1.88. The van der Waals surface area contributed by atoms with Crippen molar-refractivity contribution >= 4 is 5.78 Å². The summed E-state index contributed by atoms with van der Waals surface area (Å²) in [6.45, 7) is 1.81. The van der Waals surface area contributed by atoms with Crippen molar-refractivity contribution in [3.8, 4) is 0 Å². The van der Waals surface area contributed by atoms with Crippen LogP contribution in [0.5, 0.6) is 0 Å². The molecule has 0 radical (unpaired) electrons. The fourth-order valence-corrected chi connectivity index (χ4v) is 1.92. The van der Waals surface area contributed by atoms with E-state index in [0.29, 0.717) is 30.8 Å². The maximum atomic E-state index is 11.8. The lowest BCUT2D eigenvalue weighted by Crippen LogP contribution is -2.57. The zero-order valence-electron chi connectivity index (χ0n) is 10.5. The molecule has 1 rings (SSSR count). The number of ether oxygens (including phenoxy) is 1. The number of nitrogens with zero attached hydrogens (tertiary/aromatic N) is 1. The van der Waals surface area contributed by atoms with E-state index in [9.17, 15) is 20.1 Å². The Bertz CT molecular complexity index is 279. The minimum atomic E-state index is -1.68. The number of carbonyl (C=O) groups excluding carboxylic acids is 1. The summed E-state index contributed by atoms with van der Waals surface area (Å²) in [6, 6.07) is 0.